The van der Waals surface area contributed by atoms with Crippen LogP contribution in [0.4, 0.5) is 5.69 Å². The van der Waals surface area contributed by atoms with E-state index in [1.807, 2.05) is 0 Å². The molecule has 0 spiro atoms. The van der Waals surface area contributed by atoms with E-state index in [1.54, 1.807) is 6.07 Å². The fourth-order valence-electron chi connectivity index (χ4n) is 1.33. The molecule has 0 saturated carbocycles. The standard InChI is InChI=1S/C11H12BrIN2O3/c12-9-5-8(6-10(7-9)15(17)18)11(16)14-4-2-1-3-13/h5-7H,1-4H2,(H,14,16). The molecule has 0 radical (unpaired) electrons. The van der Waals surface area contributed by atoms with Crippen LogP contribution in [0.15, 0.2) is 22.7 Å². The van der Waals surface area contributed by atoms with Gasteiger partial charge in [-0.2, -0.15) is 0 Å². The number of nitrogens with zero attached hydrogens (tertiary/aromatic N) is 1. The molecule has 1 aromatic rings. The van der Waals surface area contributed by atoms with Crippen molar-refractivity contribution in [3.05, 3.63) is 38.3 Å². The Kier molecular flexibility index (Phi) is 6.55. The molecule has 0 fully saturated rings. The first-order chi connectivity index (χ1) is 8.54. The topological polar surface area (TPSA) is 72.2 Å². The molecule has 0 heterocycles. The molecule has 5 nitrogen and oxygen atoms in total. The monoisotopic (exact) mass is 426 g/mol. The lowest BCUT2D eigenvalue weighted by Crippen LogP contribution is -2.24. The lowest BCUT2D eigenvalue weighted by molar-refractivity contribution is -0.385. The zero-order valence-electron chi connectivity index (χ0n) is 9.49. The van der Waals surface area contributed by atoms with Gasteiger partial charge in [0.1, 0.15) is 0 Å². The number of benzene rings is 1. The SMILES string of the molecule is O=C(NCCCCI)c1cc(Br)cc([N+](=O)[O-])c1. The fourth-order valence-corrected chi connectivity index (χ4v) is 2.35. The fraction of sp³-hybridized carbons (Fsp3) is 0.364. The van der Waals surface area contributed by atoms with Crippen molar-refractivity contribution in [2.75, 3.05) is 11.0 Å². The Bertz CT molecular complexity index is 454. The molecule has 1 amide bonds. The number of carbonyl (C=O) groups excluding carboxylic acids is 1. The Morgan fingerprint density at radius 2 is 2.11 bits per heavy atom. The number of unbranched alkanes of at least 4 members (excludes halogenated alkanes) is 1. The lowest BCUT2D eigenvalue weighted by atomic mass is 10.2. The number of hydrogen-bond donors (Lipinski definition) is 1. The van der Waals surface area contributed by atoms with Crippen LogP contribution < -0.4 is 5.32 Å². The molecule has 98 valence electrons. The van der Waals surface area contributed by atoms with E-state index in [1.165, 1.54) is 12.1 Å². The Labute approximate surface area is 127 Å². The molecule has 7 heteroatoms. The van der Waals surface area contributed by atoms with E-state index in [2.05, 4.69) is 43.8 Å². The quantitative estimate of drug-likeness (QED) is 0.249. The molecule has 18 heavy (non-hydrogen) atoms. The zero-order chi connectivity index (χ0) is 13.5. The van der Waals surface area contributed by atoms with Crippen molar-refractivity contribution in [1.82, 2.24) is 5.32 Å². The highest BCUT2D eigenvalue weighted by Crippen LogP contribution is 2.21. The molecule has 1 rings (SSSR count). The van der Waals surface area contributed by atoms with Crippen molar-refractivity contribution >= 4 is 50.1 Å². The maximum absolute atomic E-state index is 11.8. The number of non-ortho nitro benzene ring substituents is 1. The van der Waals surface area contributed by atoms with Gasteiger partial charge >= 0.3 is 0 Å². The number of alkyl halides is 1. The first-order valence-corrected chi connectivity index (χ1v) is 7.65. The van der Waals surface area contributed by atoms with Crippen LogP contribution in [0.1, 0.15) is 23.2 Å². The van der Waals surface area contributed by atoms with Gasteiger partial charge in [-0.15, -0.1) is 0 Å². The third-order valence-electron chi connectivity index (χ3n) is 2.20. The lowest BCUT2D eigenvalue weighted by Gasteiger charge is -2.05. The average Bonchev–Trinajstić information content (AvgIpc) is 2.33. The van der Waals surface area contributed by atoms with E-state index < -0.39 is 4.92 Å². The summed E-state index contributed by atoms with van der Waals surface area (Å²) in [5, 5.41) is 13.4. The largest absolute Gasteiger partial charge is 0.352 e. The van der Waals surface area contributed by atoms with Crippen molar-refractivity contribution in [2.24, 2.45) is 0 Å². The maximum Gasteiger partial charge on any atom is 0.271 e. The molecule has 0 unspecified atom stereocenters. The summed E-state index contributed by atoms with van der Waals surface area (Å²) in [7, 11) is 0. The minimum atomic E-state index is -0.516. The molecule has 0 aliphatic carbocycles. The molecule has 0 saturated heterocycles. The number of nitro groups is 1. The van der Waals surface area contributed by atoms with Crippen molar-refractivity contribution < 1.29 is 9.72 Å². The predicted octanol–water partition coefficient (Wildman–Crippen LogP) is 3.30. The van der Waals surface area contributed by atoms with Crippen molar-refractivity contribution in [3.63, 3.8) is 0 Å². The van der Waals surface area contributed by atoms with Gasteiger partial charge in [-0.1, -0.05) is 38.5 Å². The van der Waals surface area contributed by atoms with E-state index in [0.29, 0.717) is 16.6 Å². The summed E-state index contributed by atoms with van der Waals surface area (Å²) < 4.78 is 1.57. The molecule has 0 aliphatic rings. The highest BCUT2D eigenvalue weighted by Gasteiger charge is 2.13. The number of hydrogen-bond acceptors (Lipinski definition) is 3. The van der Waals surface area contributed by atoms with Gasteiger partial charge in [-0.05, 0) is 23.3 Å². The summed E-state index contributed by atoms with van der Waals surface area (Å²) in [6.45, 7) is 0.585. The summed E-state index contributed by atoms with van der Waals surface area (Å²) in [4.78, 5) is 21.9. The number of halogens is 2. The smallest absolute Gasteiger partial charge is 0.271 e. The maximum atomic E-state index is 11.8. The van der Waals surface area contributed by atoms with Crippen LogP contribution in [0.5, 0.6) is 0 Å². The van der Waals surface area contributed by atoms with Gasteiger partial charge in [0.2, 0.25) is 0 Å². The van der Waals surface area contributed by atoms with Crippen LogP contribution in [0.2, 0.25) is 0 Å². The van der Waals surface area contributed by atoms with E-state index in [-0.39, 0.29) is 11.6 Å². The van der Waals surface area contributed by atoms with Gasteiger partial charge in [0.15, 0.2) is 0 Å². The third-order valence-corrected chi connectivity index (χ3v) is 3.42. The molecule has 0 bridgehead atoms. The minimum absolute atomic E-state index is 0.0956. The average molecular weight is 427 g/mol. The van der Waals surface area contributed by atoms with Crippen LogP contribution >= 0.6 is 38.5 Å². The second-order valence-corrected chi connectivity index (χ2v) is 5.60. The number of amides is 1. The summed E-state index contributed by atoms with van der Waals surface area (Å²) >= 11 is 5.44. The molecule has 0 aliphatic heterocycles. The number of nitrogens with one attached hydrogen (secondary N) is 1. The Morgan fingerprint density at radius 3 is 2.72 bits per heavy atom. The first-order valence-electron chi connectivity index (χ1n) is 5.33. The minimum Gasteiger partial charge on any atom is -0.352 e. The number of rotatable bonds is 6. The van der Waals surface area contributed by atoms with E-state index in [9.17, 15) is 14.9 Å². The van der Waals surface area contributed by atoms with Crippen molar-refractivity contribution in [2.45, 2.75) is 12.8 Å². The van der Waals surface area contributed by atoms with Crippen LogP contribution in [-0.4, -0.2) is 21.8 Å². The van der Waals surface area contributed by atoms with Gasteiger partial charge < -0.3 is 5.32 Å². The van der Waals surface area contributed by atoms with E-state index in [0.717, 1.165) is 17.3 Å². The molecular weight excluding hydrogens is 415 g/mol. The van der Waals surface area contributed by atoms with Gasteiger partial charge in [-0.3, -0.25) is 14.9 Å². The van der Waals surface area contributed by atoms with Crippen LogP contribution in [0.3, 0.4) is 0 Å². The second kappa shape index (κ2) is 7.67. The Balaban J connectivity index is 2.70. The molecule has 0 aromatic heterocycles. The number of nitro benzene ring substituents is 1. The van der Waals surface area contributed by atoms with Crippen molar-refractivity contribution in [1.29, 1.82) is 0 Å². The molecule has 0 atom stereocenters. The van der Waals surface area contributed by atoms with Crippen LogP contribution in [-0.2, 0) is 0 Å². The van der Waals surface area contributed by atoms with Gasteiger partial charge in [0.25, 0.3) is 11.6 Å². The Hall–Kier alpha value is -0.700. The zero-order valence-corrected chi connectivity index (χ0v) is 13.2. The third kappa shape index (κ3) is 4.89. The van der Waals surface area contributed by atoms with Crippen LogP contribution in [0.25, 0.3) is 0 Å². The summed E-state index contributed by atoms with van der Waals surface area (Å²) in [5.41, 5.74) is 0.201. The van der Waals surface area contributed by atoms with Gasteiger partial charge in [0, 0.05) is 28.7 Å². The Morgan fingerprint density at radius 1 is 1.39 bits per heavy atom. The summed E-state index contributed by atoms with van der Waals surface area (Å²) in [6, 6.07) is 4.21. The highest BCUT2D eigenvalue weighted by atomic mass is 127. The number of carbonyl (C=O) groups is 1. The van der Waals surface area contributed by atoms with Gasteiger partial charge in [-0.25, -0.2) is 0 Å². The highest BCUT2D eigenvalue weighted by molar-refractivity contribution is 14.1. The molecular formula is C11H12BrIN2O3. The van der Waals surface area contributed by atoms with Crippen molar-refractivity contribution in [3.8, 4) is 0 Å². The van der Waals surface area contributed by atoms with Gasteiger partial charge in [0.05, 0.1) is 4.92 Å². The normalized spacial score (nSPS) is 10.1. The summed E-state index contributed by atoms with van der Waals surface area (Å²) in [6.07, 6.45) is 1.95. The molecule has 1 N–H and O–H groups in total. The first kappa shape index (κ1) is 15.4. The molecule has 1 aromatic carbocycles. The van der Waals surface area contributed by atoms with Crippen LogP contribution in [0, 0.1) is 10.1 Å². The van der Waals surface area contributed by atoms with E-state index in [4.69, 9.17) is 0 Å². The second-order valence-electron chi connectivity index (χ2n) is 3.61. The predicted molar refractivity (Wildman–Crippen MR) is 81.3 cm³/mol. The summed E-state index contributed by atoms with van der Waals surface area (Å²) in [5.74, 6) is -0.284. The van der Waals surface area contributed by atoms with E-state index >= 15 is 0 Å².